The first-order chi connectivity index (χ1) is 12.4. The second-order valence-corrected chi connectivity index (χ2v) is 6.91. The number of H-pyrrole nitrogens is 1. The number of carbonyl (C=O) groups is 1. The molecule has 2 aromatic heterocycles. The van der Waals surface area contributed by atoms with Crippen LogP contribution in [0.5, 0.6) is 0 Å². The maximum Gasteiger partial charge on any atom is 0.333 e. The topological polar surface area (TPSA) is 130 Å². The van der Waals surface area contributed by atoms with Crippen LogP contribution in [0.3, 0.4) is 0 Å². The van der Waals surface area contributed by atoms with Gasteiger partial charge in [-0.2, -0.15) is 0 Å². The molecule has 0 aliphatic heterocycles. The van der Waals surface area contributed by atoms with Crippen LogP contribution in [0, 0.1) is 0 Å². The zero-order valence-electron chi connectivity index (χ0n) is 14.8. The number of aliphatic carboxylic acids is 1. The molecule has 1 aliphatic carbocycles. The van der Waals surface area contributed by atoms with E-state index in [1.807, 2.05) is 6.92 Å². The van der Waals surface area contributed by atoms with Crippen molar-refractivity contribution < 1.29 is 15.0 Å². The number of carboxylic acid groups (broad SMARTS) is 1. The van der Waals surface area contributed by atoms with E-state index in [0.717, 1.165) is 30.3 Å². The third-order valence-corrected chi connectivity index (χ3v) is 4.90. The highest BCUT2D eigenvalue weighted by Gasteiger charge is 2.25. The van der Waals surface area contributed by atoms with Gasteiger partial charge in [0.1, 0.15) is 17.9 Å². The van der Waals surface area contributed by atoms with Crippen LogP contribution in [0.1, 0.15) is 57.2 Å². The van der Waals surface area contributed by atoms with Crippen LogP contribution in [0.25, 0.3) is 11.2 Å². The molecule has 26 heavy (non-hydrogen) atoms. The van der Waals surface area contributed by atoms with E-state index in [1.165, 1.54) is 4.57 Å². The fraction of sp³-hybridized carbons (Fsp3) is 0.647. The molecule has 1 saturated carbocycles. The van der Waals surface area contributed by atoms with Gasteiger partial charge in [0.2, 0.25) is 0 Å². The van der Waals surface area contributed by atoms with E-state index in [4.69, 9.17) is 5.11 Å². The number of hydrogen-bond donors (Lipinski definition) is 3. The first kappa shape index (κ1) is 18.4. The number of aromatic nitrogens is 4. The maximum atomic E-state index is 12.6. The Balaban J connectivity index is 2.16. The summed E-state index contributed by atoms with van der Waals surface area (Å²) in [5, 5.41) is 19.1. The summed E-state index contributed by atoms with van der Waals surface area (Å²) in [5.41, 5.74) is -0.927. The van der Waals surface area contributed by atoms with Gasteiger partial charge in [-0.3, -0.25) is 14.2 Å². The van der Waals surface area contributed by atoms with E-state index in [1.54, 1.807) is 0 Å². The second-order valence-electron chi connectivity index (χ2n) is 6.91. The average Bonchev–Trinajstić information content (AvgIpc) is 2.92. The number of aryl methyl sites for hydroxylation is 1. The normalized spacial score (nSPS) is 21.0. The van der Waals surface area contributed by atoms with Crippen LogP contribution in [0.4, 0.5) is 0 Å². The van der Waals surface area contributed by atoms with Crippen LogP contribution in [0.2, 0.25) is 0 Å². The Morgan fingerprint density at radius 3 is 2.69 bits per heavy atom. The van der Waals surface area contributed by atoms with E-state index in [2.05, 4.69) is 9.97 Å². The average molecular weight is 364 g/mol. The number of rotatable bonds is 5. The lowest BCUT2D eigenvalue weighted by Crippen LogP contribution is -2.41. The third kappa shape index (κ3) is 3.44. The van der Waals surface area contributed by atoms with E-state index in [0.29, 0.717) is 25.2 Å². The maximum absolute atomic E-state index is 12.6. The standard InChI is InChI=1S/C17H24N4O5/c1-2-7-20-15-13(16(25)21(17(20)26)9-12(23)24)18-14(19-15)10-5-3-4-6-11(22)8-10/h10-11,22H,2-9H2,1H3,(H,18,19)(H,23,24)/t10-,11+/m0/s1. The van der Waals surface area contributed by atoms with E-state index >= 15 is 0 Å². The zero-order chi connectivity index (χ0) is 18.8. The minimum absolute atomic E-state index is 0.0163. The van der Waals surface area contributed by atoms with Crippen LogP contribution in [-0.4, -0.2) is 41.4 Å². The lowest BCUT2D eigenvalue weighted by Gasteiger charge is -2.13. The van der Waals surface area contributed by atoms with Crippen molar-refractivity contribution in [2.45, 2.75) is 70.6 Å². The fourth-order valence-electron chi connectivity index (χ4n) is 3.66. The Morgan fingerprint density at radius 1 is 1.27 bits per heavy atom. The van der Waals surface area contributed by atoms with Crippen molar-refractivity contribution in [3.63, 3.8) is 0 Å². The van der Waals surface area contributed by atoms with Gasteiger partial charge < -0.3 is 15.2 Å². The van der Waals surface area contributed by atoms with Gasteiger partial charge in [-0.15, -0.1) is 0 Å². The Labute approximate surface area is 149 Å². The van der Waals surface area contributed by atoms with Gasteiger partial charge in [-0.05, 0) is 25.7 Å². The molecule has 0 bridgehead atoms. The minimum atomic E-state index is -1.25. The molecule has 3 rings (SSSR count). The monoisotopic (exact) mass is 364 g/mol. The SMILES string of the molecule is CCCn1c(=O)n(CC(=O)O)c(=O)c2[nH]c([C@H]3CCCC[C@@H](O)C3)nc21. The van der Waals surface area contributed by atoms with Crippen molar-refractivity contribution in [2.24, 2.45) is 0 Å². The number of fused-ring (bicyclic) bond motifs is 1. The summed E-state index contributed by atoms with van der Waals surface area (Å²) in [5.74, 6) is -0.689. The molecule has 0 saturated heterocycles. The van der Waals surface area contributed by atoms with Crippen molar-refractivity contribution in [3.8, 4) is 0 Å². The summed E-state index contributed by atoms with van der Waals surface area (Å²) >= 11 is 0. The molecule has 2 atom stereocenters. The number of aromatic amines is 1. The van der Waals surface area contributed by atoms with Crippen LogP contribution < -0.4 is 11.2 Å². The molecule has 2 heterocycles. The van der Waals surface area contributed by atoms with Gasteiger partial charge >= 0.3 is 11.7 Å². The highest BCUT2D eigenvalue weighted by molar-refractivity contribution is 5.71. The number of hydrogen-bond acceptors (Lipinski definition) is 5. The smallest absolute Gasteiger partial charge is 0.333 e. The highest BCUT2D eigenvalue weighted by Crippen LogP contribution is 2.30. The molecule has 9 heteroatoms. The van der Waals surface area contributed by atoms with Crippen molar-refractivity contribution in [2.75, 3.05) is 0 Å². The van der Waals surface area contributed by atoms with Gasteiger partial charge in [0, 0.05) is 12.5 Å². The van der Waals surface area contributed by atoms with Gasteiger partial charge in [-0.1, -0.05) is 19.8 Å². The quantitative estimate of drug-likeness (QED) is 0.673. The van der Waals surface area contributed by atoms with Crippen LogP contribution >= 0.6 is 0 Å². The fourth-order valence-corrected chi connectivity index (χ4v) is 3.66. The Hall–Kier alpha value is -2.42. The predicted octanol–water partition coefficient (Wildman–Crippen LogP) is 0.789. The second kappa shape index (κ2) is 7.45. The van der Waals surface area contributed by atoms with Crippen LogP contribution in [0.15, 0.2) is 9.59 Å². The number of imidazole rings is 1. The van der Waals surface area contributed by atoms with Gasteiger partial charge in [0.05, 0.1) is 6.10 Å². The van der Waals surface area contributed by atoms with Crippen molar-refractivity contribution in [1.29, 1.82) is 0 Å². The summed E-state index contributed by atoms with van der Waals surface area (Å²) in [6.45, 7) is 1.54. The van der Waals surface area contributed by atoms with Gasteiger partial charge in [0.15, 0.2) is 5.65 Å². The lowest BCUT2D eigenvalue weighted by molar-refractivity contribution is -0.137. The molecule has 0 radical (unpaired) electrons. The first-order valence-electron chi connectivity index (χ1n) is 9.05. The molecule has 0 aromatic carbocycles. The highest BCUT2D eigenvalue weighted by atomic mass is 16.4. The predicted molar refractivity (Wildman–Crippen MR) is 94.4 cm³/mol. The lowest BCUT2D eigenvalue weighted by atomic mass is 9.99. The first-order valence-corrected chi connectivity index (χ1v) is 9.05. The number of aliphatic hydroxyl groups excluding tert-OH is 1. The molecule has 0 unspecified atom stereocenters. The molecular formula is C17H24N4O5. The Kier molecular flexibility index (Phi) is 5.26. The molecule has 1 aliphatic rings. The molecule has 9 nitrogen and oxygen atoms in total. The summed E-state index contributed by atoms with van der Waals surface area (Å²) in [6.07, 6.45) is 4.30. The summed E-state index contributed by atoms with van der Waals surface area (Å²) < 4.78 is 2.08. The van der Waals surface area contributed by atoms with E-state index in [-0.39, 0.29) is 17.1 Å². The molecule has 0 amide bonds. The largest absolute Gasteiger partial charge is 0.480 e. The van der Waals surface area contributed by atoms with Crippen molar-refractivity contribution in [3.05, 3.63) is 26.7 Å². The molecule has 1 fully saturated rings. The van der Waals surface area contributed by atoms with Gasteiger partial charge in [0.25, 0.3) is 5.56 Å². The Bertz CT molecular complexity index is 926. The van der Waals surface area contributed by atoms with Crippen molar-refractivity contribution in [1.82, 2.24) is 19.1 Å². The molecule has 3 N–H and O–H groups in total. The van der Waals surface area contributed by atoms with Crippen molar-refractivity contribution >= 4 is 17.1 Å². The molecule has 142 valence electrons. The van der Waals surface area contributed by atoms with E-state index in [9.17, 15) is 19.5 Å². The third-order valence-electron chi connectivity index (χ3n) is 4.90. The minimum Gasteiger partial charge on any atom is -0.480 e. The summed E-state index contributed by atoms with van der Waals surface area (Å²) in [4.78, 5) is 43.8. The number of carboxylic acids is 1. The molecule has 2 aromatic rings. The number of nitrogens with zero attached hydrogens (tertiary/aromatic N) is 3. The molecule has 0 spiro atoms. The zero-order valence-corrected chi connectivity index (χ0v) is 14.8. The van der Waals surface area contributed by atoms with E-state index < -0.39 is 29.9 Å². The molecular weight excluding hydrogens is 340 g/mol. The van der Waals surface area contributed by atoms with Crippen LogP contribution in [-0.2, 0) is 17.9 Å². The number of nitrogens with one attached hydrogen (secondary N) is 1. The van der Waals surface area contributed by atoms with Gasteiger partial charge in [-0.25, -0.2) is 14.3 Å². The summed E-state index contributed by atoms with van der Waals surface area (Å²) in [6, 6.07) is 0. The Morgan fingerprint density at radius 2 is 2.00 bits per heavy atom. The summed E-state index contributed by atoms with van der Waals surface area (Å²) in [7, 11) is 0. The number of aliphatic hydroxyl groups is 1.